The summed E-state index contributed by atoms with van der Waals surface area (Å²) in [7, 11) is 0. The van der Waals surface area contributed by atoms with Crippen LogP contribution >= 0.6 is 0 Å². The number of nitrogens with one attached hydrogen (secondary N) is 1. The molecule has 2 aliphatic carbocycles. The molecule has 0 saturated heterocycles. The van der Waals surface area contributed by atoms with E-state index >= 15 is 0 Å². The van der Waals surface area contributed by atoms with Crippen molar-refractivity contribution in [2.75, 3.05) is 0 Å². The maximum atomic E-state index is 13.4. The van der Waals surface area contributed by atoms with E-state index in [-0.39, 0.29) is 40.8 Å². The van der Waals surface area contributed by atoms with E-state index < -0.39 is 39.3 Å². The first-order valence-corrected chi connectivity index (χ1v) is 15.9. The largest absolute Gasteiger partial charge is 0.471 e. The van der Waals surface area contributed by atoms with Gasteiger partial charge in [0, 0.05) is 17.4 Å². The number of carbonyl (C=O) groups is 3. The lowest BCUT2D eigenvalue weighted by Crippen LogP contribution is -2.60. The minimum Gasteiger partial charge on any atom is -0.343 e. The molecule has 0 radical (unpaired) electrons. The van der Waals surface area contributed by atoms with Gasteiger partial charge in [0.05, 0.1) is 5.57 Å². The maximum Gasteiger partial charge on any atom is 0.471 e. The molecule has 1 amide bonds. The first-order chi connectivity index (χ1) is 19.3. The van der Waals surface area contributed by atoms with Crippen molar-refractivity contribution >= 4 is 17.5 Å². The SMILES string of the molecule is CCCC(C)(C)CC[C@@](C)(CCC(C)(C)[C@]1(C)CC[C@H]2C(C)(C)C(=O)C(C#N)=C[C@]2(C)[C@H]1CC(C)=O)NC(=O)C(F)(F)F. The van der Waals surface area contributed by atoms with E-state index in [1.165, 1.54) is 0 Å². The highest BCUT2D eigenvalue weighted by atomic mass is 19.4. The number of hydrogen-bond donors (Lipinski definition) is 1. The number of carbonyl (C=O) groups excluding carboxylic acids is 3. The Hall–Kier alpha value is -2.17. The molecule has 1 saturated carbocycles. The third kappa shape index (κ3) is 7.56. The summed E-state index contributed by atoms with van der Waals surface area (Å²) in [4.78, 5) is 38.2. The normalized spacial score (nSPS) is 29.1. The zero-order valence-corrected chi connectivity index (χ0v) is 28.4. The summed E-state index contributed by atoms with van der Waals surface area (Å²) in [6, 6.07) is 2.11. The molecule has 1 N–H and O–H groups in total. The molecule has 0 aromatic rings. The Morgan fingerprint density at radius 1 is 1.00 bits per heavy atom. The number of halogens is 3. The van der Waals surface area contributed by atoms with Crippen molar-refractivity contribution in [2.45, 2.75) is 146 Å². The Bertz CT molecular complexity index is 1160. The second-order valence-corrected chi connectivity index (χ2v) is 16.4. The number of amides is 1. The maximum absolute atomic E-state index is 13.4. The number of Topliss-reactive ketones (excluding diaryl/α,β-unsaturated/α-hetero) is 2. The van der Waals surface area contributed by atoms with Gasteiger partial charge in [-0.05, 0) is 92.3 Å². The standard InChI is InChI=1S/C35H55F3N2O3/c1-12-14-29(3,4)16-18-32(9,40-28(43)35(36,37)38)19-17-30(5,6)34(11)15-13-25-31(7,8)27(42)24(22-39)21-33(25,10)26(34)20-23(2)41/h21,25-26H,12-20H2,1-11H3,(H,40,43)/t25-,26+,32-,33-,34+/m0/s1. The third-order valence-corrected chi connectivity index (χ3v) is 11.8. The van der Waals surface area contributed by atoms with Gasteiger partial charge in [0.2, 0.25) is 0 Å². The number of nitrogens with zero attached hydrogens (tertiary/aromatic N) is 1. The fraction of sp³-hybridized carbons (Fsp3) is 0.829. The predicted octanol–water partition coefficient (Wildman–Crippen LogP) is 8.91. The average Bonchev–Trinajstić information content (AvgIpc) is 2.85. The summed E-state index contributed by atoms with van der Waals surface area (Å²) in [5.41, 5.74) is -3.26. The fourth-order valence-corrected chi connectivity index (χ4v) is 8.59. The van der Waals surface area contributed by atoms with Gasteiger partial charge in [-0.3, -0.25) is 9.59 Å². The Morgan fingerprint density at radius 3 is 2.05 bits per heavy atom. The van der Waals surface area contributed by atoms with Crippen LogP contribution in [0.15, 0.2) is 11.6 Å². The summed E-state index contributed by atoms with van der Waals surface area (Å²) in [6.45, 7) is 21.9. The monoisotopic (exact) mass is 608 g/mol. The summed E-state index contributed by atoms with van der Waals surface area (Å²) in [5.74, 6) is -2.31. The minimum atomic E-state index is -4.97. The molecule has 0 aliphatic heterocycles. The van der Waals surface area contributed by atoms with Gasteiger partial charge in [0.25, 0.3) is 0 Å². The van der Waals surface area contributed by atoms with E-state index in [1.54, 1.807) is 13.8 Å². The van der Waals surface area contributed by atoms with Crippen molar-refractivity contribution < 1.29 is 27.6 Å². The van der Waals surface area contributed by atoms with Gasteiger partial charge in [-0.1, -0.05) is 74.8 Å². The summed E-state index contributed by atoms with van der Waals surface area (Å²) in [5, 5.41) is 12.2. The van der Waals surface area contributed by atoms with Crippen LogP contribution in [0.1, 0.15) is 134 Å². The molecular formula is C35H55F3N2O3. The molecule has 0 unspecified atom stereocenters. The van der Waals surface area contributed by atoms with Crippen LogP contribution in [-0.2, 0) is 14.4 Å². The lowest BCUT2D eigenvalue weighted by atomic mass is 9.39. The van der Waals surface area contributed by atoms with Crippen molar-refractivity contribution in [3.63, 3.8) is 0 Å². The topological polar surface area (TPSA) is 87.0 Å². The van der Waals surface area contributed by atoms with E-state index in [2.05, 4.69) is 59.9 Å². The van der Waals surface area contributed by atoms with Gasteiger partial charge >= 0.3 is 12.1 Å². The van der Waals surface area contributed by atoms with Crippen molar-refractivity contribution in [3.8, 4) is 6.07 Å². The molecule has 43 heavy (non-hydrogen) atoms. The Labute approximate surface area is 257 Å². The Balaban J connectivity index is 2.53. The summed E-state index contributed by atoms with van der Waals surface area (Å²) < 4.78 is 40.3. The first-order valence-electron chi connectivity index (χ1n) is 15.9. The van der Waals surface area contributed by atoms with Gasteiger partial charge < -0.3 is 10.1 Å². The van der Waals surface area contributed by atoms with Crippen LogP contribution in [0.2, 0.25) is 0 Å². The lowest BCUT2D eigenvalue weighted by Gasteiger charge is -2.64. The highest BCUT2D eigenvalue weighted by molar-refractivity contribution is 6.04. The molecule has 5 atom stereocenters. The van der Waals surface area contributed by atoms with E-state index in [0.29, 0.717) is 25.7 Å². The van der Waals surface area contributed by atoms with Crippen molar-refractivity contribution in [1.82, 2.24) is 5.32 Å². The predicted molar refractivity (Wildman–Crippen MR) is 164 cm³/mol. The Kier molecular flexibility index (Phi) is 10.6. The molecule has 2 rings (SSSR count). The number of ketones is 2. The van der Waals surface area contributed by atoms with E-state index in [9.17, 15) is 32.8 Å². The molecular weight excluding hydrogens is 553 g/mol. The lowest BCUT2D eigenvalue weighted by molar-refractivity contribution is -0.176. The van der Waals surface area contributed by atoms with Crippen LogP contribution in [-0.4, -0.2) is 29.2 Å². The number of nitriles is 1. The van der Waals surface area contributed by atoms with E-state index in [0.717, 1.165) is 25.7 Å². The summed E-state index contributed by atoms with van der Waals surface area (Å²) >= 11 is 0. The first kappa shape index (κ1) is 37.0. The van der Waals surface area contributed by atoms with Gasteiger partial charge in [-0.15, -0.1) is 0 Å². The summed E-state index contributed by atoms with van der Waals surface area (Å²) in [6.07, 6.45) is 2.43. The number of allylic oxidation sites excluding steroid dienone is 2. The molecule has 5 nitrogen and oxygen atoms in total. The van der Waals surface area contributed by atoms with Gasteiger partial charge in [-0.2, -0.15) is 18.4 Å². The number of alkyl halides is 3. The second-order valence-electron chi connectivity index (χ2n) is 16.4. The van der Waals surface area contributed by atoms with Gasteiger partial charge in [-0.25, -0.2) is 0 Å². The van der Waals surface area contributed by atoms with E-state index in [1.807, 2.05) is 19.9 Å². The van der Waals surface area contributed by atoms with Crippen LogP contribution in [0.25, 0.3) is 0 Å². The molecule has 1 fully saturated rings. The van der Waals surface area contributed by atoms with Crippen LogP contribution < -0.4 is 5.32 Å². The molecule has 0 aromatic carbocycles. The zero-order chi connectivity index (χ0) is 33.4. The average molecular weight is 609 g/mol. The van der Waals surface area contributed by atoms with Gasteiger partial charge in [0.1, 0.15) is 11.9 Å². The second kappa shape index (κ2) is 12.3. The van der Waals surface area contributed by atoms with Crippen LogP contribution in [0.3, 0.4) is 0 Å². The van der Waals surface area contributed by atoms with E-state index in [4.69, 9.17) is 0 Å². The highest BCUT2D eigenvalue weighted by Crippen LogP contribution is 2.68. The number of fused-ring (bicyclic) bond motifs is 1. The van der Waals surface area contributed by atoms with Crippen LogP contribution in [0.5, 0.6) is 0 Å². The molecule has 8 heteroatoms. The zero-order valence-electron chi connectivity index (χ0n) is 28.4. The molecule has 2 aliphatic rings. The Morgan fingerprint density at radius 2 is 1.56 bits per heavy atom. The minimum absolute atomic E-state index is 0.0240. The van der Waals surface area contributed by atoms with Crippen LogP contribution in [0.4, 0.5) is 13.2 Å². The van der Waals surface area contributed by atoms with Gasteiger partial charge in [0.15, 0.2) is 5.78 Å². The van der Waals surface area contributed by atoms with Crippen molar-refractivity contribution in [1.29, 1.82) is 5.26 Å². The van der Waals surface area contributed by atoms with Crippen molar-refractivity contribution in [2.24, 2.45) is 38.9 Å². The number of hydrogen-bond acceptors (Lipinski definition) is 4. The molecule has 0 aromatic heterocycles. The molecule has 0 spiro atoms. The number of rotatable bonds is 12. The fourth-order valence-electron chi connectivity index (χ4n) is 8.59. The quantitative estimate of drug-likeness (QED) is 0.240. The third-order valence-electron chi connectivity index (χ3n) is 11.8. The highest BCUT2D eigenvalue weighted by Gasteiger charge is 2.63. The molecule has 244 valence electrons. The smallest absolute Gasteiger partial charge is 0.343 e. The van der Waals surface area contributed by atoms with Crippen LogP contribution in [0, 0.1) is 50.2 Å². The van der Waals surface area contributed by atoms with Crippen molar-refractivity contribution in [3.05, 3.63) is 11.6 Å². The molecule has 0 heterocycles. The molecule has 0 bridgehead atoms.